The fraction of sp³-hybridized carbons (Fsp3) is 0.217. The van der Waals surface area contributed by atoms with E-state index in [2.05, 4.69) is 20.1 Å². The van der Waals surface area contributed by atoms with Crippen LogP contribution in [0.2, 0.25) is 0 Å². The molecule has 4 aromatic rings. The van der Waals surface area contributed by atoms with Gasteiger partial charge in [-0.15, -0.1) is 0 Å². The van der Waals surface area contributed by atoms with Crippen LogP contribution in [0.15, 0.2) is 42.9 Å². The van der Waals surface area contributed by atoms with Crippen LogP contribution in [0.5, 0.6) is 5.88 Å². The van der Waals surface area contributed by atoms with E-state index >= 15 is 0 Å². The van der Waals surface area contributed by atoms with Gasteiger partial charge in [0.25, 0.3) is 0 Å². The Kier molecular flexibility index (Phi) is 5.01. The molecule has 1 aliphatic heterocycles. The van der Waals surface area contributed by atoms with E-state index < -0.39 is 11.6 Å². The van der Waals surface area contributed by atoms with E-state index in [-0.39, 0.29) is 5.92 Å². The number of nitrogens with zero attached hydrogens (tertiary/aromatic N) is 6. The molecule has 0 fully saturated rings. The SMILES string of the molecule is COc1nc(C=Cc2nc3n(n2)CC[C@@H]3c2ccc(F)c(F)c2)ccc1-n1cnc(C)c1. The molecule has 0 amide bonds. The second kappa shape index (κ2) is 7.99. The third kappa shape index (κ3) is 3.66. The Morgan fingerprint density at radius 2 is 1.97 bits per heavy atom. The minimum absolute atomic E-state index is 0.115. The van der Waals surface area contributed by atoms with Gasteiger partial charge in [0, 0.05) is 18.7 Å². The predicted octanol–water partition coefficient (Wildman–Crippen LogP) is 4.16. The molecule has 162 valence electrons. The van der Waals surface area contributed by atoms with Gasteiger partial charge in [-0.3, -0.25) is 0 Å². The molecule has 0 N–H and O–H groups in total. The number of imidazole rings is 1. The number of aryl methyl sites for hydroxylation is 2. The van der Waals surface area contributed by atoms with Gasteiger partial charge in [-0.1, -0.05) is 6.07 Å². The number of rotatable bonds is 5. The molecule has 0 radical (unpaired) electrons. The van der Waals surface area contributed by atoms with Crippen molar-refractivity contribution in [2.45, 2.75) is 25.8 Å². The summed E-state index contributed by atoms with van der Waals surface area (Å²) in [6.07, 6.45) is 7.94. The molecule has 1 aromatic carbocycles. The molecule has 0 unspecified atom stereocenters. The third-order valence-corrected chi connectivity index (χ3v) is 5.45. The van der Waals surface area contributed by atoms with Crippen molar-refractivity contribution in [1.29, 1.82) is 0 Å². The lowest BCUT2D eigenvalue weighted by molar-refractivity contribution is 0.395. The van der Waals surface area contributed by atoms with Gasteiger partial charge in [-0.2, -0.15) is 5.10 Å². The van der Waals surface area contributed by atoms with E-state index in [9.17, 15) is 8.78 Å². The molecule has 0 saturated heterocycles. The van der Waals surface area contributed by atoms with E-state index in [1.54, 1.807) is 25.6 Å². The smallest absolute Gasteiger partial charge is 0.238 e. The summed E-state index contributed by atoms with van der Waals surface area (Å²) in [7, 11) is 1.57. The lowest BCUT2D eigenvalue weighted by atomic mass is 9.97. The summed E-state index contributed by atoms with van der Waals surface area (Å²) in [5.41, 5.74) is 3.08. The number of fused-ring (bicyclic) bond motifs is 1. The van der Waals surface area contributed by atoms with Crippen LogP contribution in [0.3, 0.4) is 0 Å². The maximum atomic E-state index is 13.7. The Hall–Kier alpha value is -3.88. The second-order valence-electron chi connectivity index (χ2n) is 7.59. The van der Waals surface area contributed by atoms with E-state index in [0.29, 0.717) is 29.5 Å². The van der Waals surface area contributed by atoms with Crippen molar-refractivity contribution in [3.63, 3.8) is 0 Å². The largest absolute Gasteiger partial charge is 0.479 e. The number of benzene rings is 1. The summed E-state index contributed by atoms with van der Waals surface area (Å²) in [4.78, 5) is 13.4. The first kappa shape index (κ1) is 20.0. The van der Waals surface area contributed by atoms with Gasteiger partial charge in [-0.25, -0.2) is 28.4 Å². The minimum Gasteiger partial charge on any atom is -0.479 e. The molecule has 7 nitrogen and oxygen atoms in total. The van der Waals surface area contributed by atoms with Crippen molar-refractivity contribution >= 4 is 12.2 Å². The summed E-state index contributed by atoms with van der Waals surface area (Å²) >= 11 is 0. The van der Waals surface area contributed by atoms with E-state index in [0.717, 1.165) is 29.7 Å². The van der Waals surface area contributed by atoms with Crippen molar-refractivity contribution in [2.24, 2.45) is 0 Å². The first-order chi connectivity index (χ1) is 15.5. The molecule has 1 atom stereocenters. The van der Waals surface area contributed by atoms with E-state index in [1.807, 2.05) is 40.6 Å². The van der Waals surface area contributed by atoms with Crippen molar-refractivity contribution in [3.05, 3.63) is 83.1 Å². The van der Waals surface area contributed by atoms with Gasteiger partial charge in [0.05, 0.1) is 24.8 Å². The van der Waals surface area contributed by atoms with Crippen LogP contribution >= 0.6 is 0 Å². The molecule has 0 bridgehead atoms. The number of hydrogen-bond donors (Lipinski definition) is 0. The minimum atomic E-state index is -0.853. The quantitative estimate of drug-likeness (QED) is 0.472. The Balaban J connectivity index is 1.38. The summed E-state index contributed by atoms with van der Waals surface area (Å²) in [6, 6.07) is 7.77. The average Bonchev–Trinajstić information content (AvgIpc) is 3.50. The van der Waals surface area contributed by atoms with E-state index in [4.69, 9.17) is 4.74 Å². The molecular formula is C23H20F2N6O. The number of pyridine rings is 1. The van der Waals surface area contributed by atoms with Crippen molar-refractivity contribution < 1.29 is 13.5 Å². The van der Waals surface area contributed by atoms with Crippen LogP contribution in [0.4, 0.5) is 8.78 Å². The van der Waals surface area contributed by atoms with Gasteiger partial charge < -0.3 is 9.30 Å². The Morgan fingerprint density at radius 3 is 2.72 bits per heavy atom. The standard InChI is InChI=1S/C23H20F2N6O/c1-14-12-30(13-26-14)20-7-4-16(27-23(20)32-2)5-8-21-28-22-17(9-10-31(22)29-21)15-3-6-18(24)19(25)11-15/h3-8,11-13,17H,9-10H2,1-2H3/t17-/m1/s1. The number of hydrogen-bond acceptors (Lipinski definition) is 5. The zero-order chi connectivity index (χ0) is 22.2. The monoisotopic (exact) mass is 434 g/mol. The molecule has 32 heavy (non-hydrogen) atoms. The summed E-state index contributed by atoms with van der Waals surface area (Å²) in [6.45, 7) is 2.59. The Labute approximate surface area is 183 Å². The number of halogens is 2. The van der Waals surface area contributed by atoms with Crippen LogP contribution in [0.1, 0.15) is 40.9 Å². The number of methoxy groups -OCH3 is 1. The second-order valence-corrected chi connectivity index (χ2v) is 7.59. The topological polar surface area (TPSA) is 70.7 Å². The summed E-state index contributed by atoms with van der Waals surface area (Å²) in [5, 5.41) is 4.51. The van der Waals surface area contributed by atoms with E-state index in [1.165, 1.54) is 6.07 Å². The van der Waals surface area contributed by atoms with Crippen molar-refractivity contribution in [3.8, 4) is 11.6 Å². The fourth-order valence-electron chi connectivity index (χ4n) is 3.89. The highest BCUT2D eigenvalue weighted by atomic mass is 19.2. The molecule has 9 heteroatoms. The summed E-state index contributed by atoms with van der Waals surface area (Å²) < 4.78 is 36.1. The highest BCUT2D eigenvalue weighted by Gasteiger charge is 2.28. The number of ether oxygens (including phenoxy) is 1. The molecule has 0 spiro atoms. The lowest BCUT2D eigenvalue weighted by Gasteiger charge is -2.08. The normalized spacial score (nSPS) is 15.4. The van der Waals surface area contributed by atoms with Gasteiger partial charge >= 0.3 is 0 Å². The van der Waals surface area contributed by atoms with Gasteiger partial charge in [0.1, 0.15) is 11.5 Å². The molecule has 0 saturated carbocycles. The maximum Gasteiger partial charge on any atom is 0.238 e. The first-order valence-electron chi connectivity index (χ1n) is 10.2. The van der Waals surface area contributed by atoms with Gasteiger partial charge in [0.2, 0.25) is 5.88 Å². The van der Waals surface area contributed by atoms with Crippen LogP contribution < -0.4 is 4.74 Å². The zero-order valence-electron chi connectivity index (χ0n) is 17.5. The fourth-order valence-corrected chi connectivity index (χ4v) is 3.89. The Morgan fingerprint density at radius 1 is 1.09 bits per heavy atom. The molecule has 3 aromatic heterocycles. The zero-order valence-corrected chi connectivity index (χ0v) is 17.5. The van der Waals surface area contributed by atoms with Gasteiger partial charge in [-0.05, 0) is 55.3 Å². The highest BCUT2D eigenvalue weighted by Crippen LogP contribution is 2.33. The molecular weight excluding hydrogens is 414 g/mol. The molecule has 0 aliphatic carbocycles. The molecule has 5 rings (SSSR count). The number of aromatic nitrogens is 6. The van der Waals surface area contributed by atoms with Crippen LogP contribution in [0.25, 0.3) is 17.8 Å². The maximum absolute atomic E-state index is 13.7. The Bertz CT molecular complexity index is 1330. The van der Waals surface area contributed by atoms with Crippen LogP contribution in [-0.2, 0) is 6.54 Å². The first-order valence-corrected chi connectivity index (χ1v) is 10.2. The van der Waals surface area contributed by atoms with Crippen LogP contribution in [-0.4, -0.2) is 36.4 Å². The van der Waals surface area contributed by atoms with Crippen LogP contribution in [0, 0.1) is 18.6 Å². The highest BCUT2D eigenvalue weighted by molar-refractivity contribution is 5.65. The van der Waals surface area contributed by atoms with Crippen molar-refractivity contribution in [2.75, 3.05) is 7.11 Å². The molecule has 4 heterocycles. The predicted molar refractivity (Wildman–Crippen MR) is 114 cm³/mol. The van der Waals surface area contributed by atoms with Crippen molar-refractivity contribution in [1.82, 2.24) is 29.3 Å². The van der Waals surface area contributed by atoms with Gasteiger partial charge in [0.15, 0.2) is 17.5 Å². The third-order valence-electron chi connectivity index (χ3n) is 5.45. The summed E-state index contributed by atoms with van der Waals surface area (Å²) in [5.74, 6) is -0.0719. The molecule has 1 aliphatic rings. The lowest BCUT2D eigenvalue weighted by Crippen LogP contribution is -2.00. The average molecular weight is 434 g/mol.